The monoisotopic (exact) mass is 966 g/mol. The molecule has 18 nitrogen and oxygen atoms in total. The Hall–Kier alpha value is -3.35. The number of carbonyl (C=O) groups is 1. The average Bonchev–Trinajstić information content (AvgIpc) is 3.56. The van der Waals surface area contributed by atoms with E-state index in [9.17, 15) is 4.79 Å². The number of hydrogen-bond acceptors (Lipinski definition) is 18. The van der Waals surface area contributed by atoms with Gasteiger partial charge in [0, 0.05) is 54.6 Å². The third kappa shape index (κ3) is 26.8. The molecule has 2 aromatic carbocycles. The molecule has 0 amide bonds. The number of aliphatic carboxylic acids is 1. The molecular weight excluding hydrogens is 893 g/mol. The van der Waals surface area contributed by atoms with Crippen molar-refractivity contribution in [3.8, 4) is 0 Å². The number of anilines is 1. The Kier molecular flexibility index (Phi) is 34.2. The summed E-state index contributed by atoms with van der Waals surface area (Å²) in [6.07, 6.45) is 10.8. The molecule has 0 radical (unpaired) electrons. The highest BCUT2D eigenvalue weighted by molar-refractivity contribution is 7.94. The molecule has 1 aliphatic rings. The van der Waals surface area contributed by atoms with Crippen LogP contribution in [0.5, 0.6) is 0 Å². The lowest BCUT2D eigenvalue weighted by atomic mass is 9.78. The van der Waals surface area contributed by atoms with E-state index in [1.54, 1.807) is 13.3 Å². The number of rotatable bonds is 45. The number of methoxy groups -OCH3 is 1. The molecule has 2 aromatic rings. The number of benzene rings is 2. The molecule has 1 aliphatic heterocycles. The van der Waals surface area contributed by atoms with Crippen LogP contribution in [0.15, 0.2) is 82.3 Å². The number of aliphatic imine (C=N–C) groups is 1. The van der Waals surface area contributed by atoms with Crippen LogP contribution in [-0.2, 0) is 71.7 Å². The van der Waals surface area contributed by atoms with Crippen molar-refractivity contribution in [2.24, 2.45) is 4.99 Å². The number of hydrogen-bond donors (Lipinski definition) is 2. The van der Waals surface area contributed by atoms with Crippen LogP contribution in [0.1, 0.15) is 44.6 Å². The maximum atomic E-state index is 11.1. The number of carboxylic acids is 1. The first-order chi connectivity index (χ1) is 33.0. The molecule has 19 heteroatoms. The van der Waals surface area contributed by atoms with E-state index >= 15 is 0 Å². The molecule has 1 heterocycles. The van der Waals surface area contributed by atoms with Gasteiger partial charge >= 0.3 is 5.97 Å². The largest absolute Gasteiger partial charge is 0.481 e. The highest BCUT2D eigenvalue weighted by atomic mass is 32.2. The second kappa shape index (κ2) is 39.5. The molecule has 378 valence electrons. The van der Waals surface area contributed by atoms with E-state index in [0.29, 0.717) is 158 Å². The lowest BCUT2D eigenvalue weighted by molar-refractivity contribution is -0.432. The molecule has 0 saturated heterocycles. The van der Waals surface area contributed by atoms with E-state index in [4.69, 9.17) is 66.8 Å². The van der Waals surface area contributed by atoms with Gasteiger partial charge in [0.25, 0.3) is 0 Å². The Morgan fingerprint density at radius 2 is 1.13 bits per heavy atom. The average molecular weight is 967 g/mol. The van der Waals surface area contributed by atoms with E-state index in [1.165, 1.54) is 0 Å². The Morgan fingerprint density at radius 3 is 1.61 bits per heavy atom. The number of carboxylic acid groups (broad SMARTS) is 1. The van der Waals surface area contributed by atoms with Crippen molar-refractivity contribution in [3.05, 3.63) is 78.0 Å². The van der Waals surface area contributed by atoms with Crippen LogP contribution in [0.2, 0.25) is 0 Å². The lowest BCUT2D eigenvalue weighted by Crippen LogP contribution is -2.30. The predicted octanol–water partition coefficient (Wildman–Crippen LogP) is 6.88. The van der Waals surface area contributed by atoms with Gasteiger partial charge in [-0.3, -0.25) is 9.79 Å². The van der Waals surface area contributed by atoms with Crippen molar-refractivity contribution in [2.45, 2.75) is 49.3 Å². The zero-order valence-electron chi connectivity index (χ0n) is 39.4. The van der Waals surface area contributed by atoms with E-state index in [-0.39, 0.29) is 6.42 Å². The van der Waals surface area contributed by atoms with Gasteiger partial charge in [-0.25, -0.2) is 5.26 Å². The van der Waals surface area contributed by atoms with E-state index in [0.717, 1.165) is 52.4 Å². The molecule has 0 saturated carbocycles. The molecular formula is C48H74N2O16S. The van der Waals surface area contributed by atoms with Crippen LogP contribution in [-0.4, -0.2) is 175 Å². The number of fused-ring (bicyclic) bond motifs is 1. The Morgan fingerprint density at radius 1 is 0.642 bits per heavy atom. The Balaban J connectivity index is 1.26. The third-order valence-electron chi connectivity index (χ3n) is 10.1. The topological polar surface area (TPSA) is 193 Å². The molecule has 0 fully saturated rings. The van der Waals surface area contributed by atoms with Crippen molar-refractivity contribution in [1.29, 1.82) is 0 Å². The Labute approximate surface area is 400 Å². The summed E-state index contributed by atoms with van der Waals surface area (Å²) in [5.41, 5.74) is 3.60. The van der Waals surface area contributed by atoms with E-state index in [1.807, 2.05) is 60.7 Å². The molecule has 1 atom stereocenters. The van der Waals surface area contributed by atoms with Gasteiger partial charge < -0.3 is 62.1 Å². The van der Waals surface area contributed by atoms with Gasteiger partial charge in [-0.2, -0.15) is 0 Å². The number of para-hydroxylation sites is 1. The minimum Gasteiger partial charge on any atom is -0.481 e. The fraction of sp³-hybridized carbons (Fsp3) is 0.625. The summed E-state index contributed by atoms with van der Waals surface area (Å²) < 4.78 is 65.5. The maximum absolute atomic E-state index is 11.1. The maximum Gasteiger partial charge on any atom is 0.303 e. The number of ether oxygens (including phenoxy) is 11. The van der Waals surface area contributed by atoms with Crippen LogP contribution >= 0.6 is 12.0 Å². The highest BCUT2D eigenvalue weighted by Gasteiger charge is 2.43. The van der Waals surface area contributed by atoms with Crippen LogP contribution in [0.4, 0.5) is 11.4 Å². The minimum atomic E-state index is -0.786. The number of nitrogens with zero attached hydrogens (tertiary/aromatic N) is 2. The molecule has 0 aromatic heterocycles. The molecule has 0 aliphatic carbocycles. The molecule has 2 N–H and O–H groups in total. The van der Waals surface area contributed by atoms with Crippen molar-refractivity contribution in [1.82, 2.24) is 0 Å². The zero-order valence-corrected chi connectivity index (χ0v) is 40.2. The molecule has 67 heavy (non-hydrogen) atoms. The van der Waals surface area contributed by atoms with E-state index < -0.39 is 11.4 Å². The molecule has 3 rings (SSSR count). The third-order valence-corrected chi connectivity index (χ3v) is 10.7. The molecule has 0 spiro atoms. The van der Waals surface area contributed by atoms with Gasteiger partial charge in [-0.15, -0.1) is 4.33 Å². The SMILES string of the molecule is COCCOCCOCCOCCOCCOCCOCCOCCOCCOCCOCCC1(C)C(=CC=CC=Nc2ccccc2)N(CCCCCC(=O)O)c2ccc(SOOO)cc21. The summed E-state index contributed by atoms with van der Waals surface area (Å²) in [5.74, 6) is -0.786. The standard InChI is InChI=1S/C48H74N2O16S/c1-48(17-20-55-23-24-57-27-28-59-31-32-61-35-36-63-39-40-64-38-37-62-34-33-60-30-29-58-26-25-56-22-21-54-2)44-41-43(67-66-65-53)15-16-45(44)50(19-10-4-7-14-47(51)52)46(48)13-8-9-18-49-42-11-5-3-6-12-42/h3,5-6,8-9,11-13,15-16,18,41,53H,4,7,10,14,17,19-40H2,1-2H3,(H,51,52). The second-order valence-electron chi connectivity index (χ2n) is 15.0. The number of allylic oxidation sites excluding steroid dienone is 4. The number of unbranched alkanes of at least 4 members (excludes halogenated alkanes) is 2. The van der Waals surface area contributed by atoms with Crippen molar-refractivity contribution in [2.75, 3.05) is 157 Å². The second-order valence-corrected chi connectivity index (χ2v) is 15.8. The molecule has 1 unspecified atom stereocenters. The Bertz CT molecular complexity index is 1620. The summed E-state index contributed by atoms with van der Waals surface area (Å²) in [4.78, 5) is 18.7. The lowest BCUT2D eigenvalue weighted by Gasteiger charge is -2.30. The minimum absolute atomic E-state index is 0.148. The van der Waals surface area contributed by atoms with Crippen molar-refractivity contribution < 1.29 is 76.6 Å². The van der Waals surface area contributed by atoms with E-state index in [2.05, 4.69) is 27.9 Å². The first-order valence-corrected chi connectivity index (χ1v) is 23.7. The van der Waals surface area contributed by atoms with Crippen LogP contribution in [0.25, 0.3) is 0 Å². The van der Waals surface area contributed by atoms with Gasteiger partial charge in [-0.1, -0.05) is 35.7 Å². The summed E-state index contributed by atoms with van der Waals surface area (Å²) in [7, 11) is 1.64. The summed E-state index contributed by atoms with van der Waals surface area (Å²) in [6, 6.07) is 15.7. The first-order valence-electron chi connectivity index (χ1n) is 23.0. The zero-order chi connectivity index (χ0) is 47.7. The molecule has 0 bridgehead atoms. The van der Waals surface area contributed by atoms with Gasteiger partial charge in [0.1, 0.15) is 0 Å². The van der Waals surface area contributed by atoms with Crippen molar-refractivity contribution >= 4 is 35.6 Å². The van der Waals surface area contributed by atoms with Gasteiger partial charge in [0.15, 0.2) is 0 Å². The summed E-state index contributed by atoms with van der Waals surface area (Å²) >= 11 is 0.914. The quantitative estimate of drug-likeness (QED) is 0.0229. The fourth-order valence-electron chi connectivity index (χ4n) is 6.70. The fourth-order valence-corrected chi connectivity index (χ4v) is 7.10. The van der Waals surface area contributed by atoms with Gasteiger partial charge in [0.2, 0.25) is 0 Å². The summed E-state index contributed by atoms with van der Waals surface area (Å²) in [5, 5.41) is 21.8. The highest BCUT2D eigenvalue weighted by Crippen LogP contribution is 2.51. The van der Waals surface area contributed by atoms with Crippen molar-refractivity contribution in [3.63, 3.8) is 0 Å². The smallest absolute Gasteiger partial charge is 0.303 e. The first kappa shape index (κ1) is 58.0. The van der Waals surface area contributed by atoms with Gasteiger partial charge in [0.05, 0.1) is 150 Å². The predicted molar refractivity (Wildman–Crippen MR) is 254 cm³/mol. The van der Waals surface area contributed by atoms with Crippen LogP contribution < -0.4 is 4.90 Å². The van der Waals surface area contributed by atoms with Crippen LogP contribution in [0.3, 0.4) is 0 Å². The summed E-state index contributed by atoms with van der Waals surface area (Å²) in [6.45, 7) is 13.2. The normalized spacial score (nSPS) is 15.5. The van der Waals surface area contributed by atoms with Crippen LogP contribution in [0, 0.1) is 0 Å². The van der Waals surface area contributed by atoms with Gasteiger partial charge in [-0.05, 0) is 74.2 Å².